The van der Waals surface area contributed by atoms with Crippen LogP contribution in [0.15, 0.2) is 30.3 Å². The Kier molecular flexibility index (Phi) is 3.65. The molecule has 20 heavy (non-hydrogen) atoms. The molecule has 3 nitrogen and oxygen atoms in total. The molecule has 0 spiro atoms. The van der Waals surface area contributed by atoms with Gasteiger partial charge in [0.25, 0.3) is 0 Å². The maximum absolute atomic E-state index is 13.6. The number of aromatic carboxylic acids is 1. The van der Waals surface area contributed by atoms with Crippen LogP contribution < -0.4 is 4.74 Å². The van der Waals surface area contributed by atoms with E-state index < -0.39 is 34.7 Å². The highest BCUT2D eigenvalue weighted by atomic mass is 19.1. The van der Waals surface area contributed by atoms with Gasteiger partial charge in [0.2, 0.25) is 0 Å². The van der Waals surface area contributed by atoms with E-state index in [4.69, 9.17) is 9.84 Å². The zero-order valence-corrected chi connectivity index (χ0v) is 10.3. The highest BCUT2D eigenvalue weighted by molar-refractivity contribution is 5.87. The lowest BCUT2D eigenvalue weighted by Crippen LogP contribution is -2.01. The Hall–Kier alpha value is -2.50. The van der Waals surface area contributed by atoms with E-state index in [1.165, 1.54) is 19.1 Å². The van der Waals surface area contributed by atoms with Crippen LogP contribution in [0.5, 0.6) is 11.5 Å². The predicted octanol–water partition coefficient (Wildman–Crippen LogP) is 3.90. The second-order valence-electron chi connectivity index (χ2n) is 4.09. The smallest absolute Gasteiger partial charge is 0.335 e. The van der Waals surface area contributed by atoms with E-state index in [2.05, 4.69) is 0 Å². The predicted molar refractivity (Wildman–Crippen MR) is 64.5 cm³/mol. The van der Waals surface area contributed by atoms with E-state index in [0.29, 0.717) is 12.1 Å². The standard InChI is InChI=1S/C14H9F3O3/c1-7-4-9(2-3-10(7)15)20-13-11(16)5-8(14(18)19)6-12(13)17/h2-6H,1H3,(H,18,19). The molecule has 0 fully saturated rings. The fourth-order valence-corrected chi connectivity index (χ4v) is 1.58. The van der Waals surface area contributed by atoms with Gasteiger partial charge in [-0.1, -0.05) is 0 Å². The van der Waals surface area contributed by atoms with Gasteiger partial charge in [-0.05, 0) is 42.8 Å². The first-order chi connectivity index (χ1) is 9.38. The first-order valence-corrected chi connectivity index (χ1v) is 5.55. The van der Waals surface area contributed by atoms with Gasteiger partial charge in [0.05, 0.1) is 5.56 Å². The maximum atomic E-state index is 13.6. The first-order valence-electron chi connectivity index (χ1n) is 5.55. The molecule has 0 unspecified atom stereocenters. The summed E-state index contributed by atoms with van der Waals surface area (Å²) >= 11 is 0. The lowest BCUT2D eigenvalue weighted by molar-refractivity contribution is 0.0695. The fourth-order valence-electron chi connectivity index (χ4n) is 1.58. The molecule has 1 N–H and O–H groups in total. The summed E-state index contributed by atoms with van der Waals surface area (Å²) in [5.74, 6) is -4.91. The number of aryl methyl sites for hydroxylation is 1. The van der Waals surface area contributed by atoms with Crippen LogP contribution in [0, 0.1) is 24.4 Å². The summed E-state index contributed by atoms with van der Waals surface area (Å²) in [4.78, 5) is 10.6. The van der Waals surface area contributed by atoms with Gasteiger partial charge in [0, 0.05) is 0 Å². The number of benzene rings is 2. The van der Waals surface area contributed by atoms with Gasteiger partial charge in [-0.25, -0.2) is 18.0 Å². The lowest BCUT2D eigenvalue weighted by atomic mass is 10.2. The third-order valence-corrected chi connectivity index (χ3v) is 2.59. The van der Waals surface area contributed by atoms with Gasteiger partial charge in [-0.15, -0.1) is 0 Å². The van der Waals surface area contributed by atoms with Crippen LogP contribution in [0.2, 0.25) is 0 Å². The second-order valence-corrected chi connectivity index (χ2v) is 4.09. The molecule has 0 saturated heterocycles. The Bertz CT molecular complexity index is 660. The van der Waals surface area contributed by atoms with Crippen molar-refractivity contribution in [1.82, 2.24) is 0 Å². The molecule has 0 radical (unpaired) electrons. The van der Waals surface area contributed by atoms with Crippen molar-refractivity contribution >= 4 is 5.97 Å². The molecule has 0 aliphatic carbocycles. The van der Waals surface area contributed by atoms with Gasteiger partial charge < -0.3 is 9.84 Å². The van der Waals surface area contributed by atoms with Gasteiger partial charge in [0.1, 0.15) is 11.6 Å². The molecule has 0 aliphatic rings. The molecule has 2 aromatic carbocycles. The molecule has 6 heteroatoms. The molecule has 0 atom stereocenters. The van der Waals surface area contributed by atoms with Crippen LogP contribution in [-0.4, -0.2) is 11.1 Å². The third kappa shape index (κ3) is 2.74. The Balaban J connectivity index is 2.38. The summed E-state index contributed by atoms with van der Waals surface area (Å²) in [5, 5.41) is 8.67. The number of halogens is 3. The number of carboxylic acid groups (broad SMARTS) is 1. The van der Waals surface area contributed by atoms with E-state index in [0.717, 1.165) is 6.07 Å². The van der Waals surface area contributed by atoms with Crippen molar-refractivity contribution in [3.8, 4) is 11.5 Å². The lowest BCUT2D eigenvalue weighted by Gasteiger charge is -2.09. The Morgan fingerprint density at radius 2 is 1.65 bits per heavy atom. The van der Waals surface area contributed by atoms with Crippen LogP contribution in [-0.2, 0) is 0 Å². The van der Waals surface area contributed by atoms with Crippen molar-refractivity contribution < 1.29 is 27.8 Å². The largest absolute Gasteiger partial charge is 0.478 e. The van der Waals surface area contributed by atoms with Crippen molar-refractivity contribution in [3.05, 3.63) is 58.9 Å². The summed E-state index contributed by atoms with van der Waals surface area (Å²) < 4.78 is 45.3. The second kappa shape index (κ2) is 5.24. The normalized spacial score (nSPS) is 10.4. The van der Waals surface area contributed by atoms with Gasteiger partial charge in [-0.3, -0.25) is 0 Å². The number of hydrogen-bond donors (Lipinski definition) is 1. The number of hydrogen-bond acceptors (Lipinski definition) is 2. The Morgan fingerprint density at radius 1 is 1.05 bits per heavy atom. The molecule has 0 amide bonds. The zero-order valence-electron chi connectivity index (χ0n) is 10.3. The summed E-state index contributed by atoms with van der Waals surface area (Å²) in [6, 6.07) is 4.89. The van der Waals surface area contributed by atoms with E-state index in [1.807, 2.05) is 0 Å². The molecule has 0 aromatic heterocycles. The van der Waals surface area contributed by atoms with E-state index in [-0.39, 0.29) is 11.3 Å². The number of carbonyl (C=O) groups is 1. The minimum Gasteiger partial charge on any atom is -0.478 e. The molecular formula is C14H9F3O3. The van der Waals surface area contributed by atoms with Crippen molar-refractivity contribution in [1.29, 1.82) is 0 Å². The number of ether oxygens (including phenoxy) is 1. The third-order valence-electron chi connectivity index (χ3n) is 2.59. The molecule has 0 bridgehead atoms. The highest BCUT2D eigenvalue weighted by Gasteiger charge is 2.17. The monoisotopic (exact) mass is 282 g/mol. The van der Waals surface area contributed by atoms with E-state index >= 15 is 0 Å². The van der Waals surface area contributed by atoms with Crippen LogP contribution in [0.25, 0.3) is 0 Å². The number of carboxylic acids is 1. The topological polar surface area (TPSA) is 46.5 Å². The van der Waals surface area contributed by atoms with Crippen molar-refractivity contribution in [2.45, 2.75) is 6.92 Å². The first kappa shape index (κ1) is 13.9. The zero-order chi connectivity index (χ0) is 14.9. The van der Waals surface area contributed by atoms with Gasteiger partial charge in [-0.2, -0.15) is 0 Å². The molecule has 2 rings (SSSR count). The average molecular weight is 282 g/mol. The van der Waals surface area contributed by atoms with Crippen LogP contribution in [0.1, 0.15) is 15.9 Å². The average Bonchev–Trinajstić information content (AvgIpc) is 2.37. The molecule has 104 valence electrons. The van der Waals surface area contributed by atoms with Crippen LogP contribution in [0.4, 0.5) is 13.2 Å². The van der Waals surface area contributed by atoms with Crippen molar-refractivity contribution in [2.24, 2.45) is 0 Å². The molecular weight excluding hydrogens is 273 g/mol. The Labute approximate surface area is 112 Å². The quantitative estimate of drug-likeness (QED) is 0.928. The molecule has 2 aromatic rings. The fraction of sp³-hybridized carbons (Fsp3) is 0.0714. The molecule has 0 aliphatic heterocycles. The summed E-state index contributed by atoms with van der Waals surface area (Å²) in [5.41, 5.74) is -0.270. The van der Waals surface area contributed by atoms with Crippen molar-refractivity contribution in [2.75, 3.05) is 0 Å². The number of rotatable bonds is 3. The van der Waals surface area contributed by atoms with Crippen molar-refractivity contribution in [3.63, 3.8) is 0 Å². The molecule has 0 saturated carbocycles. The van der Waals surface area contributed by atoms with Gasteiger partial charge in [0.15, 0.2) is 17.4 Å². The SMILES string of the molecule is Cc1cc(Oc2c(F)cc(C(=O)O)cc2F)ccc1F. The highest BCUT2D eigenvalue weighted by Crippen LogP contribution is 2.29. The van der Waals surface area contributed by atoms with E-state index in [9.17, 15) is 18.0 Å². The maximum Gasteiger partial charge on any atom is 0.335 e. The van der Waals surface area contributed by atoms with Gasteiger partial charge >= 0.3 is 5.97 Å². The van der Waals surface area contributed by atoms with Crippen LogP contribution >= 0.6 is 0 Å². The minimum absolute atomic E-state index is 0.0461. The summed E-state index contributed by atoms with van der Waals surface area (Å²) in [6.45, 7) is 1.47. The Morgan fingerprint density at radius 3 is 2.15 bits per heavy atom. The molecule has 0 heterocycles. The minimum atomic E-state index is -1.45. The van der Waals surface area contributed by atoms with Crippen LogP contribution in [0.3, 0.4) is 0 Å². The van der Waals surface area contributed by atoms with E-state index in [1.54, 1.807) is 0 Å². The summed E-state index contributed by atoms with van der Waals surface area (Å²) in [6.07, 6.45) is 0. The summed E-state index contributed by atoms with van der Waals surface area (Å²) in [7, 11) is 0.